The van der Waals surface area contributed by atoms with Gasteiger partial charge in [-0.2, -0.15) is 0 Å². The first-order valence-corrected chi connectivity index (χ1v) is 8.41. The molecule has 0 radical (unpaired) electrons. The van der Waals surface area contributed by atoms with Crippen LogP contribution in [0.3, 0.4) is 0 Å². The Morgan fingerprint density at radius 3 is 2.39 bits per heavy atom. The number of aliphatic hydroxyl groups excluding tert-OH is 3. The average molecular weight is 388 g/mol. The van der Waals surface area contributed by atoms with Crippen molar-refractivity contribution >= 4 is 27.9 Å². The predicted molar refractivity (Wildman–Crippen MR) is 94.9 cm³/mol. The molecule has 0 unspecified atom stereocenters. The van der Waals surface area contributed by atoms with Crippen LogP contribution in [-0.2, 0) is 9.53 Å². The molecule has 1 aliphatic heterocycles. The standard InChI is InChI=1S/C19H16O9/c20-13-9-3-1-2-4-11(9)27-12-6-5-8(7-10(12)13)26-19-16(23)14(21)15(22)17(28-19)18(24)25/h1-7,14-17,19,21-23H,(H,24,25)/t14-,15+,16+,17-,19-/m1/s1. The first kappa shape index (κ1) is 18.4. The van der Waals surface area contributed by atoms with Gasteiger partial charge in [0.25, 0.3) is 0 Å². The van der Waals surface area contributed by atoms with Gasteiger partial charge >= 0.3 is 5.97 Å². The van der Waals surface area contributed by atoms with Crippen LogP contribution < -0.4 is 10.2 Å². The topological polar surface area (TPSA) is 147 Å². The Morgan fingerprint density at radius 2 is 1.64 bits per heavy atom. The molecular formula is C19H16O9. The van der Waals surface area contributed by atoms with E-state index < -0.39 is 36.7 Å². The third-order valence-electron chi connectivity index (χ3n) is 4.61. The molecule has 0 bridgehead atoms. The maximum absolute atomic E-state index is 12.7. The third-order valence-corrected chi connectivity index (χ3v) is 4.61. The van der Waals surface area contributed by atoms with Gasteiger partial charge in [-0.05, 0) is 30.3 Å². The van der Waals surface area contributed by atoms with Crippen LogP contribution in [0, 0.1) is 0 Å². The summed E-state index contributed by atoms with van der Waals surface area (Å²) in [4.78, 5) is 23.9. The highest BCUT2D eigenvalue weighted by molar-refractivity contribution is 5.90. The van der Waals surface area contributed by atoms with Crippen LogP contribution in [-0.4, -0.2) is 57.1 Å². The monoisotopic (exact) mass is 388 g/mol. The largest absolute Gasteiger partial charge is 0.479 e. The highest BCUT2D eigenvalue weighted by atomic mass is 16.7. The van der Waals surface area contributed by atoms with E-state index >= 15 is 0 Å². The van der Waals surface area contributed by atoms with E-state index in [4.69, 9.17) is 19.0 Å². The van der Waals surface area contributed by atoms with Crippen molar-refractivity contribution in [2.75, 3.05) is 0 Å². The summed E-state index contributed by atoms with van der Waals surface area (Å²) in [5.41, 5.74) is 0.465. The van der Waals surface area contributed by atoms with Crippen molar-refractivity contribution in [1.82, 2.24) is 0 Å². The average Bonchev–Trinajstić information content (AvgIpc) is 2.69. The fourth-order valence-electron chi connectivity index (χ4n) is 3.14. The number of fused-ring (bicyclic) bond motifs is 2. The number of rotatable bonds is 3. The first-order valence-electron chi connectivity index (χ1n) is 8.41. The zero-order valence-electron chi connectivity index (χ0n) is 14.3. The van der Waals surface area contributed by atoms with Gasteiger partial charge in [0, 0.05) is 0 Å². The summed E-state index contributed by atoms with van der Waals surface area (Å²) in [7, 11) is 0. The number of aliphatic carboxylic acids is 1. The molecule has 9 nitrogen and oxygen atoms in total. The van der Waals surface area contributed by atoms with Gasteiger partial charge in [-0.3, -0.25) is 4.79 Å². The Hall–Kier alpha value is -2.98. The minimum Gasteiger partial charge on any atom is -0.479 e. The van der Waals surface area contributed by atoms with Gasteiger partial charge in [0.15, 0.2) is 6.10 Å². The first-order chi connectivity index (χ1) is 13.4. The minimum atomic E-state index is -1.82. The minimum absolute atomic E-state index is 0.0897. The SMILES string of the molecule is O=C(O)[C@@H]1O[C@@H](Oc2ccc3oc4ccccc4c(=O)c3c2)[C@@H](O)[C@H](O)[C@@H]1O. The molecule has 0 aliphatic carbocycles. The molecule has 0 saturated carbocycles. The molecule has 2 heterocycles. The highest BCUT2D eigenvalue weighted by Crippen LogP contribution is 2.27. The normalized spacial score (nSPS) is 27.8. The molecule has 1 fully saturated rings. The summed E-state index contributed by atoms with van der Waals surface area (Å²) in [5, 5.41) is 39.3. The molecular weight excluding hydrogens is 372 g/mol. The van der Waals surface area contributed by atoms with E-state index in [-0.39, 0.29) is 16.6 Å². The maximum atomic E-state index is 12.7. The Bertz CT molecular complexity index is 1110. The second kappa shape index (κ2) is 6.88. The lowest BCUT2D eigenvalue weighted by molar-refractivity contribution is -0.271. The summed E-state index contributed by atoms with van der Waals surface area (Å²) in [6, 6.07) is 11.1. The summed E-state index contributed by atoms with van der Waals surface area (Å²) >= 11 is 0. The molecule has 4 N–H and O–H groups in total. The second-order valence-corrected chi connectivity index (χ2v) is 6.44. The highest BCUT2D eigenvalue weighted by Gasteiger charge is 2.48. The number of ether oxygens (including phenoxy) is 2. The van der Waals surface area contributed by atoms with Crippen LogP contribution in [0.2, 0.25) is 0 Å². The number of hydrogen-bond donors (Lipinski definition) is 4. The number of carboxylic acids is 1. The van der Waals surface area contributed by atoms with E-state index in [9.17, 15) is 24.9 Å². The van der Waals surface area contributed by atoms with Crippen LogP contribution in [0.1, 0.15) is 0 Å². The van der Waals surface area contributed by atoms with Crippen molar-refractivity contribution in [3.63, 3.8) is 0 Å². The zero-order valence-corrected chi connectivity index (χ0v) is 14.3. The van der Waals surface area contributed by atoms with E-state index in [2.05, 4.69) is 0 Å². The predicted octanol–water partition coefficient (Wildman–Crippen LogP) is 0.217. The molecule has 1 aromatic heterocycles. The number of benzene rings is 2. The van der Waals surface area contributed by atoms with Gasteiger partial charge in [-0.15, -0.1) is 0 Å². The Kier molecular flexibility index (Phi) is 4.52. The molecule has 1 saturated heterocycles. The Balaban J connectivity index is 1.69. The fourth-order valence-corrected chi connectivity index (χ4v) is 3.14. The van der Waals surface area contributed by atoms with Crippen LogP contribution in [0.15, 0.2) is 51.7 Å². The summed E-state index contributed by atoms with van der Waals surface area (Å²) < 4.78 is 16.2. The van der Waals surface area contributed by atoms with Crippen LogP contribution in [0.25, 0.3) is 21.9 Å². The lowest BCUT2D eigenvalue weighted by atomic mass is 9.99. The van der Waals surface area contributed by atoms with E-state index in [1.807, 2.05) is 0 Å². The third kappa shape index (κ3) is 3.00. The number of carbonyl (C=O) groups is 1. The van der Waals surface area contributed by atoms with E-state index in [0.717, 1.165) is 0 Å². The zero-order chi connectivity index (χ0) is 20.0. The number of hydrogen-bond acceptors (Lipinski definition) is 8. The maximum Gasteiger partial charge on any atom is 0.335 e. The quantitative estimate of drug-likeness (QED) is 0.463. The molecule has 9 heteroatoms. The molecule has 0 spiro atoms. The van der Waals surface area contributed by atoms with Crippen molar-refractivity contribution < 1.29 is 39.1 Å². The van der Waals surface area contributed by atoms with Gasteiger partial charge < -0.3 is 34.3 Å². The molecule has 5 atom stereocenters. The van der Waals surface area contributed by atoms with Crippen LogP contribution in [0.4, 0.5) is 0 Å². The number of carboxylic acid groups (broad SMARTS) is 1. The van der Waals surface area contributed by atoms with Crippen molar-refractivity contribution in [2.45, 2.75) is 30.7 Å². The van der Waals surface area contributed by atoms with Gasteiger partial charge in [-0.1, -0.05) is 12.1 Å². The molecule has 4 rings (SSSR count). The lowest BCUT2D eigenvalue weighted by Crippen LogP contribution is -2.61. The summed E-state index contributed by atoms with van der Waals surface area (Å²) in [5.74, 6) is -1.43. The number of para-hydroxylation sites is 1. The van der Waals surface area contributed by atoms with Gasteiger partial charge in [0.1, 0.15) is 35.2 Å². The molecule has 0 amide bonds. The molecule has 2 aromatic carbocycles. The van der Waals surface area contributed by atoms with Crippen molar-refractivity contribution in [1.29, 1.82) is 0 Å². The van der Waals surface area contributed by atoms with Crippen LogP contribution in [0.5, 0.6) is 5.75 Å². The van der Waals surface area contributed by atoms with Gasteiger partial charge in [-0.25, -0.2) is 4.79 Å². The summed E-state index contributed by atoms with van der Waals surface area (Å²) in [6.45, 7) is 0. The van der Waals surface area contributed by atoms with Gasteiger partial charge in [0.05, 0.1) is 10.8 Å². The number of aliphatic hydroxyl groups is 3. The molecule has 146 valence electrons. The lowest BCUT2D eigenvalue weighted by Gasteiger charge is -2.38. The van der Waals surface area contributed by atoms with Crippen molar-refractivity contribution in [2.24, 2.45) is 0 Å². The second-order valence-electron chi connectivity index (χ2n) is 6.44. The van der Waals surface area contributed by atoms with E-state index in [1.54, 1.807) is 24.3 Å². The van der Waals surface area contributed by atoms with Gasteiger partial charge in [0.2, 0.25) is 11.7 Å². The smallest absolute Gasteiger partial charge is 0.335 e. The molecule has 1 aliphatic rings. The Labute approximate surface area is 157 Å². The fraction of sp³-hybridized carbons (Fsp3) is 0.263. The summed E-state index contributed by atoms with van der Waals surface area (Å²) in [6.07, 6.45) is -8.65. The molecule has 28 heavy (non-hydrogen) atoms. The Morgan fingerprint density at radius 1 is 0.929 bits per heavy atom. The van der Waals surface area contributed by atoms with Crippen molar-refractivity contribution in [3.8, 4) is 5.75 Å². The van der Waals surface area contributed by atoms with E-state index in [1.165, 1.54) is 18.2 Å². The van der Waals surface area contributed by atoms with Crippen LogP contribution >= 0.6 is 0 Å². The van der Waals surface area contributed by atoms with E-state index in [0.29, 0.717) is 16.6 Å². The molecule has 3 aromatic rings. The van der Waals surface area contributed by atoms with Crippen molar-refractivity contribution in [3.05, 3.63) is 52.7 Å².